The lowest BCUT2D eigenvalue weighted by Gasteiger charge is -2.27. The molecule has 0 aliphatic carbocycles. The second-order valence-electron chi connectivity index (χ2n) is 4.94. The third kappa shape index (κ3) is 3.36. The molecule has 0 fully saturated rings. The minimum Gasteiger partial charge on any atom is -0.397 e. The van der Waals surface area contributed by atoms with Crippen LogP contribution in [0.5, 0.6) is 0 Å². The number of benzene rings is 1. The Morgan fingerprint density at radius 1 is 1.43 bits per heavy atom. The van der Waals surface area contributed by atoms with E-state index in [0.717, 1.165) is 5.69 Å². The van der Waals surface area contributed by atoms with Gasteiger partial charge in [0.1, 0.15) is 0 Å². The molecule has 1 aromatic heterocycles. The zero-order valence-corrected chi connectivity index (χ0v) is 13.4. The fraction of sp³-hybridized carbons (Fsp3) is 0.312. The molecule has 1 heterocycles. The maximum atomic E-state index is 11.8. The normalized spacial score (nSPS) is 12.0. The Kier molecular flexibility index (Phi) is 4.85. The molecule has 21 heavy (non-hydrogen) atoms. The highest BCUT2D eigenvalue weighted by Crippen LogP contribution is 2.32. The molecule has 3 N–H and O–H groups in total. The Bertz CT molecular complexity index is 610. The molecule has 0 spiro atoms. The summed E-state index contributed by atoms with van der Waals surface area (Å²) < 4.78 is 0. The molecule has 1 atom stereocenters. The van der Waals surface area contributed by atoms with Crippen molar-refractivity contribution in [3.8, 4) is 0 Å². The summed E-state index contributed by atoms with van der Waals surface area (Å²) in [5.41, 5.74) is 8.27. The van der Waals surface area contributed by atoms with Gasteiger partial charge >= 0.3 is 0 Å². The van der Waals surface area contributed by atoms with E-state index in [4.69, 9.17) is 5.73 Å². The molecule has 0 radical (unpaired) electrons. The fourth-order valence-corrected chi connectivity index (χ4v) is 3.03. The lowest BCUT2D eigenvalue weighted by Crippen LogP contribution is -2.24. The van der Waals surface area contributed by atoms with Gasteiger partial charge in [0.2, 0.25) is 0 Å². The van der Waals surface area contributed by atoms with Crippen molar-refractivity contribution in [1.82, 2.24) is 5.32 Å². The summed E-state index contributed by atoms with van der Waals surface area (Å²) >= 11 is 1.73. The fourth-order valence-electron chi connectivity index (χ4n) is 2.21. The number of nitrogens with one attached hydrogen (secondary N) is 1. The van der Waals surface area contributed by atoms with Crippen molar-refractivity contribution >= 4 is 28.6 Å². The summed E-state index contributed by atoms with van der Waals surface area (Å²) in [6.07, 6.45) is 0. The molecular formula is C16H21N3OS. The summed E-state index contributed by atoms with van der Waals surface area (Å²) in [6, 6.07) is 9.86. The third-order valence-corrected chi connectivity index (χ3v) is 4.59. The predicted octanol–water partition coefficient (Wildman–Crippen LogP) is 3.28. The molecule has 0 saturated carbocycles. The van der Waals surface area contributed by atoms with Gasteiger partial charge in [0.15, 0.2) is 0 Å². The third-order valence-electron chi connectivity index (χ3n) is 3.54. The minimum atomic E-state index is -0.0929. The topological polar surface area (TPSA) is 58.4 Å². The van der Waals surface area contributed by atoms with E-state index >= 15 is 0 Å². The van der Waals surface area contributed by atoms with Crippen LogP contribution < -0.4 is 16.0 Å². The van der Waals surface area contributed by atoms with E-state index in [1.54, 1.807) is 17.4 Å². The second kappa shape index (κ2) is 6.63. The molecule has 112 valence electrons. The summed E-state index contributed by atoms with van der Waals surface area (Å²) in [5.74, 6) is -0.0929. The highest BCUT2D eigenvalue weighted by atomic mass is 32.1. The molecule has 2 aromatic rings. The first-order valence-electron chi connectivity index (χ1n) is 6.98. The van der Waals surface area contributed by atoms with Crippen LogP contribution in [-0.2, 0) is 0 Å². The molecule has 5 heteroatoms. The SMILES string of the molecule is CCNC(=O)c1ccc(N(C)C(C)c2cccs2)c(N)c1. The van der Waals surface area contributed by atoms with Gasteiger partial charge in [-0.1, -0.05) is 6.07 Å². The highest BCUT2D eigenvalue weighted by Gasteiger charge is 2.16. The van der Waals surface area contributed by atoms with Crippen LogP contribution in [0.2, 0.25) is 0 Å². The molecule has 4 nitrogen and oxygen atoms in total. The number of carbonyl (C=O) groups is 1. The Morgan fingerprint density at radius 2 is 2.19 bits per heavy atom. The summed E-state index contributed by atoms with van der Waals surface area (Å²) in [7, 11) is 2.02. The lowest BCUT2D eigenvalue weighted by atomic mass is 10.1. The number of anilines is 2. The zero-order chi connectivity index (χ0) is 15.4. The smallest absolute Gasteiger partial charge is 0.251 e. The van der Waals surface area contributed by atoms with Crippen molar-refractivity contribution in [3.63, 3.8) is 0 Å². The Labute approximate surface area is 129 Å². The number of carbonyl (C=O) groups excluding carboxylic acids is 1. The standard InChI is InChI=1S/C16H21N3OS/c1-4-18-16(20)12-7-8-14(13(17)10-12)19(3)11(2)15-6-5-9-21-15/h5-11H,4,17H2,1-3H3,(H,18,20). The Hall–Kier alpha value is -2.01. The van der Waals surface area contributed by atoms with Gasteiger partial charge < -0.3 is 16.0 Å². The molecule has 2 rings (SSSR count). The molecule has 0 bridgehead atoms. The van der Waals surface area contributed by atoms with Crippen LogP contribution in [0.4, 0.5) is 11.4 Å². The molecular weight excluding hydrogens is 282 g/mol. The first-order chi connectivity index (χ1) is 10.0. The van der Waals surface area contributed by atoms with Crippen LogP contribution in [0.15, 0.2) is 35.7 Å². The van der Waals surface area contributed by atoms with E-state index in [9.17, 15) is 4.79 Å². The maximum absolute atomic E-state index is 11.8. The number of nitrogens with two attached hydrogens (primary N) is 1. The molecule has 0 aliphatic rings. The van der Waals surface area contributed by atoms with Crippen molar-refractivity contribution < 1.29 is 4.79 Å². The van der Waals surface area contributed by atoms with Crippen molar-refractivity contribution in [2.24, 2.45) is 0 Å². The average Bonchev–Trinajstić information content (AvgIpc) is 3.00. The molecule has 1 aromatic carbocycles. The van der Waals surface area contributed by atoms with E-state index in [2.05, 4.69) is 28.6 Å². The van der Waals surface area contributed by atoms with Crippen LogP contribution >= 0.6 is 11.3 Å². The number of rotatable bonds is 5. The van der Waals surface area contributed by atoms with Crippen molar-refractivity contribution in [1.29, 1.82) is 0 Å². The van der Waals surface area contributed by atoms with E-state index in [1.807, 2.05) is 32.2 Å². The highest BCUT2D eigenvalue weighted by molar-refractivity contribution is 7.10. The van der Waals surface area contributed by atoms with E-state index in [-0.39, 0.29) is 11.9 Å². The molecule has 1 unspecified atom stereocenters. The summed E-state index contributed by atoms with van der Waals surface area (Å²) in [4.78, 5) is 15.2. The van der Waals surface area contributed by atoms with E-state index < -0.39 is 0 Å². The summed E-state index contributed by atoms with van der Waals surface area (Å²) in [6.45, 7) is 4.64. The van der Waals surface area contributed by atoms with Gasteiger partial charge in [-0.25, -0.2) is 0 Å². The first kappa shape index (κ1) is 15.4. The van der Waals surface area contributed by atoms with Gasteiger partial charge in [-0.05, 0) is 43.5 Å². The maximum Gasteiger partial charge on any atom is 0.251 e. The number of thiophene rings is 1. The summed E-state index contributed by atoms with van der Waals surface area (Å²) in [5, 5.41) is 4.85. The van der Waals surface area contributed by atoms with Crippen LogP contribution in [-0.4, -0.2) is 19.5 Å². The van der Waals surface area contributed by atoms with E-state index in [0.29, 0.717) is 17.8 Å². The predicted molar refractivity (Wildman–Crippen MR) is 90.0 cm³/mol. The van der Waals surface area contributed by atoms with Gasteiger partial charge in [-0.15, -0.1) is 11.3 Å². The monoisotopic (exact) mass is 303 g/mol. The van der Waals surface area contributed by atoms with Crippen LogP contribution in [0.3, 0.4) is 0 Å². The second-order valence-corrected chi connectivity index (χ2v) is 5.91. The molecule has 0 saturated heterocycles. The first-order valence-corrected chi connectivity index (χ1v) is 7.86. The van der Waals surface area contributed by atoms with Crippen LogP contribution in [0.25, 0.3) is 0 Å². The van der Waals surface area contributed by atoms with Gasteiger partial charge in [0.25, 0.3) is 5.91 Å². The zero-order valence-electron chi connectivity index (χ0n) is 12.6. The molecule has 1 amide bonds. The largest absolute Gasteiger partial charge is 0.397 e. The number of nitrogen functional groups attached to an aromatic ring is 1. The Balaban J connectivity index is 2.22. The number of amides is 1. The van der Waals surface area contributed by atoms with Crippen LogP contribution in [0.1, 0.15) is 35.1 Å². The number of hydrogen-bond donors (Lipinski definition) is 2. The minimum absolute atomic E-state index is 0.0929. The quantitative estimate of drug-likeness (QED) is 0.833. The van der Waals surface area contributed by atoms with Crippen molar-refractivity contribution in [3.05, 3.63) is 46.2 Å². The van der Waals surface area contributed by atoms with Gasteiger partial charge in [0, 0.05) is 24.0 Å². The molecule has 0 aliphatic heterocycles. The van der Waals surface area contributed by atoms with Gasteiger partial charge in [0.05, 0.1) is 17.4 Å². The Morgan fingerprint density at radius 3 is 2.76 bits per heavy atom. The van der Waals surface area contributed by atoms with Crippen molar-refractivity contribution in [2.45, 2.75) is 19.9 Å². The van der Waals surface area contributed by atoms with Crippen molar-refractivity contribution in [2.75, 3.05) is 24.2 Å². The average molecular weight is 303 g/mol. The number of nitrogens with zero attached hydrogens (tertiary/aromatic N) is 1. The number of hydrogen-bond acceptors (Lipinski definition) is 4. The lowest BCUT2D eigenvalue weighted by molar-refractivity contribution is 0.0956. The van der Waals surface area contributed by atoms with Gasteiger partial charge in [-0.3, -0.25) is 4.79 Å². The van der Waals surface area contributed by atoms with Crippen LogP contribution in [0, 0.1) is 0 Å². The van der Waals surface area contributed by atoms with Gasteiger partial charge in [-0.2, -0.15) is 0 Å². The van der Waals surface area contributed by atoms with E-state index in [1.165, 1.54) is 4.88 Å².